The van der Waals surface area contributed by atoms with Gasteiger partial charge in [0.25, 0.3) is 0 Å². The molecule has 0 unspecified atom stereocenters. The largest absolute Gasteiger partial charge is 0.329 e. The van der Waals surface area contributed by atoms with Crippen molar-refractivity contribution in [3.05, 3.63) is 0 Å². The van der Waals surface area contributed by atoms with Crippen LogP contribution in [0.2, 0.25) is 0 Å². The molecule has 0 radical (unpaired) electrons. The molecule has 0 aromatic heterocycles. The second-order valence-electron chi connectivity index (χ2n) is 2.35. The maximum Gasteiger partial charge on any atom is 0.0652 e. The first-order valence-electron chi connectivity index (χ1n) is 3.64. The number of hydrogen-bond donors (Lipinski definition) is 3. The van der Waals surface area contributed by atoms with Crippen LogP contribution in [0.3, 0.4) is 0 Å². The third-order valence-corrected chi connectivity index (χ3v) is 1.36. The van der Waals surface area contributed by atoms with Crippen molar-refractivity contribution >= 4 is 0 Å². The quantitative estimate of drug-likeness (QED) is 0.413. The fourth-order valence-electron chi connectivity index (χ4n) is 0.859. The molecular formula is C6H18N4. The highest BCUT2D eigenvalue weighted by Crippen LogP contribution is 1.84. The van der Waals surface area contributed by atoms with Gasteiger partial charge < -0.3 is 17.2 Å². The van der Waals surface area contributed by atoms with Gasteiger partial charge in [0.15, 0.2) is 0 Å². The minimum atomic E-state index is -0.244. The molecule has 0 rings (SSSR count). The summed E-state index contributed by atoms with van der Waals surface area (Å²) in [4.78, 5) is 2.13. The Kier molecular flexibility index (Phi) is 5.52. The number of nitrogens with two attached hydrogens (primary N) is 3. The lowest BCUT2D eigenvalue weighted by Crippen LogP contribution is -2.44. The fourth-order valence-corrected chi connectivity index (χ4v) is 0.859. The molecule has 0 atom stereocenters. The highest BCUT2D eigenvalue weighted by Gasteiger charge is 2.02. The van der Waals surface area contributed by atoms with Crippen LogP contribution < -0.4 is 17.2 Å². The van der Waals surface area contributed by atoms with Crippen molar-refractivity contribution in [3.63, 3.8) is 0 Å². The third-order valence-electron chi connectivity index (χ3n) is 1.36. The van der Waals surface area contributed by atoms with Gasteiger partial charge in [0.05, 0.1) is 6.17 Å². The predicted molar refractivity (Wildman–Crippen MR) is 43.3 cm³/mol. The van der Waals surface area contributed by atoms with Crippen molar-refractivity contribution in [2.45, 2.75) is 13.1 Å². The lowest BCUT2D eigenvalue weighted by Gasteiger charge is -2.20. The van der Waals surface area contributed by atoms with E-state index in [4.69, 9.17) is 17.2 Å². The van der Waals surface area contributed by atoms with Crippen molar-refractivity contribution in [2.75, 3.05) is 26.2 Å². The minimum absolute atomic E-state index is 0.244. The number of nitrogens with zero attached hydrogens (tertiary/aromatic N) is 1. The van der Waals surface area contributed by atoms with Gasteiger partial charge in [0.2, 0.25) is 0 Å². The Morgan fingerprint density at radius 3 is 2.30 bits per heavy atom. The highest BCUT2D eigenvalue weighted by atomic mass is 15.2. The van der Waals surface area contributed by atoms with E-state index in [1.54, 1.807) is 0 Å². The Labute approximate surface area is 62.3 Å². The highest BCUT2D eigenvalue weighted by molar-refractivity contribution is 4.61. The van der Waals surface area contributed by atoms with Gasteiger partial charge in [-0.05, 0) is 6.54 Å². The lowest BCUT2D eigenvalue weighted by molar-refractivity contribution is 0.278. The molecule has 4 nitrogen and oxygen atoms in total. The van der Waals surface area contributed by atoms with Crippen LogP contribution in [0.4, 0.5) is 0 Å². The van der Waals surface area contributed by atoms with Crippen molar-refractivity contribution in [1.82, 2.24) is 4.90 Å². The van der Waals surface area contributed by atoms with E-state index in [2.05, 4.69) is 11.8 Å². The molecule has 0 aliphatic rings. The number of likely N-dealkylation sites (N-methyl/N-ethyl adjacent to an activating group) is 1. The molecular weight excluding hydrogens is 128 g/mol. The molecule has 10 heavy (non-hydrogen) atoms. The van der Waals surface area contributed by atoms with Crippen LogP contribution >= 0.6 is 0 Å². The van der Waals surface area contributed by atoms with Gasteiger partial charge in [-0.2, -0.15) is 0 Å². The fraction of sp³-hybridized carbons (Fsp3) is 1.00. The SMILES string of the molecule is CCN(CCN)CC(N)N. The summed E-state index contributed by atoms with van der Waals surface area (Å²) in [6.45, 7) is 5.30. The van der Waals surface area contributed by atoms with E-state index in [0.29, 0.717) is 6.54 Å². The zero-order valence-corrected chi connectivity index (χ0v) is 6.59. The van der Waals surface area contributed by atoms with Crippen LogP contribution in [0.1, 0.15) is 6.92 Å². The first kappa shape index (κ1) is 9.84. The van der Waals surface area contributed by atoms with Gasteiger partial charge >= 0.3 is 0 Å². The van der Waals surface area contributed by atoms with E-state index in [-0.39, 0.29) is 6.17 Å². The Hall–Kier alpha value is -0.160. The van der Waals surface area contributed by atoms with Crippen molar-refractivity contribution in [3.8, 4) is 0 Å². The molecule has 0 aliphatic heterocycles. The Bertz CT molecular complexity index is 74.1. The molecule has 0 saturated heterocycles. The second-order valence-corrected chi connectivity index (χ2v) is 2.35. The molecule has 62 valence electrons. The van der Waals surface area contributed by atoms with Crippen LogP contribution in [-0.4, -0.2) is 37.2 Å². The summed E-state index contributed by atoms with van der Waals surface area (Å²) in [6, 6.07) is 0. The van der Waals surface area contributed by atoms with Crippen LogP contribution in [0, 0.1) is 0 Å². The summed E-state index contributed by atoms with van der Waals surface area (Å²) in [5, 5.41) is 0. The molecule has 0 aromatic rings. The van der Waals surface area contributed by atoms with Gasteiger partial charge in [-0.25, -0.2) is 0 Å². The van der Waals surface area contributed by atoms with E-state index in [0.717, 1.165) is 19.6 Å². The monoisotopic (exact) mass is 146 g/mol. The molecule has 0 fully saturated rings. The summed E-state index contributed by atoms with van der Waals surface area (Å²) in [5.41, 5.74) is 16.1. The standard InChI is InChI=1S/C6H18N4/c1-2-10(4-3-7)5-6(8)9/h6H,2-5,7-9H2,1H3. The lowest BCUT2D eigenvalue weighted by atomic mass is 10.4. The maximum atomic E-state index is 5.39. The number of rotatable bonds is 5. The summed E-state index contributed by atoms with van der Waals surface area (Å²) in [5.74, 6) is 0. The summed E-state index contributed by atoms with van der Waals surface area (Å²) in [7, 11) is 0. The van der Waals surface area contributed by atoms with Crippen LogP contribution in [0.15, 0.2) is 0 Å². The molecule has 0 bridgehead atoms. The smallest absolute Gasteiger partial charge is 0.0652 e. The van der Waals surface area contributed by atoms with Gasteiger partial charge in [0, 0.05) is 19.6 Å². The van der Waals surface area contributed by atoms with Gasteiger partial charge in [0.1, 0.15) is 0 Å². The molecule has 0 spiro atoms. The average molecular weight is 146 g/mol. The third kappa shape index (κ3) is 4.69. The Balaban J connectivity index is 3.39. The predicted octanol–water partition coefficient (Wildman–Crippen LogP) is -1.49. The van der Waals surface area contributed by atoms with Gasteiger partial charge in [-0.3, -0.25) is 4.90 Å². The molecule has 4 heteroatoms. The van der Waals surface area contributed by atoms with Crippen LogP contribution in [0.5, 0.6) is 0 Å². The zero-order valence-electron chi connectivity index (χ0n) is 6.59. The molecule has 6 N–H and O–H groups in total. The summed E-state index contributed by atoms with van der Waals surface area (Å²) in [6.07, 6.45) is -0.244. The van der Waals surface area contributed by atoms with E-state index in [1.165, 1.54) is 0 Å². The normalized spacial score (nSPS) is 11.4. The van der Waals surface area contributed by atoms with E-state index in [9.17, 15) is 0 Å². The second kappa shape index (κ2) is 5.61. The minimum Gasteiger partial charge on any atom is -0.329 e. The summed E-state index contributed by atoms with van der Waals surface area (Å²) >= 11 is 0. The van der Waals surface area contributed by atoms with Crippen LogP contribution in [0.25, 0.3) is 0 Å². The molecule has 0 saturated carbocycles. The van der Waals surface area contributed by atoms with Crippen molar-refractivity contribution < 1.29 is 0 Å². The van der Waals surface area contributed by atoms with Crippen molar-refractivity contribution in [1.29, 1.82) is 0 Å². The topological polar surface area (TPSA) is 81.3 Å². The zero-order chi connectivity index (χ0) is 7.98. The van der Waals surface area contributed by atoms with Gasteiger partial charge in [-0.15, -0.1) is 0 Å². The van der Waals surface area contributed by atoms with Crippen molar-refractivity contribution in [2.24, 2.45) is 17.2 Å². The molecule has 0 aliphatic carbocycles. The maximum absolute atomic E-state index is 5.39. The summed E-state index contributed by atoms with van der Waals surface area (Å²) < 4.78 is 0. The molecule has 0 aromatic carbocycles. The first-order chi connectivity index (χ1) is 4.70. The average Bonchev–Trinajstić information content (AvgIpc) is 1.86. The Morgan fingerprint density at radius 1 is 1.40 bits per heavy atom. The first-order valence-corrected chi connectivity index (χ1v) is 3.64. The van der Waals surface area contributed by atoms with E-state index < -0.39 is 0 Å². The van der Waals surface area contributed by atoms with Crippen LogP contribution in [-0.2, 0) is 0 Å². The molecule has 0 heterocycles. The van der Waals surface area contributed by atoms with E-state index >= 15 is 0 Å². The molecule has 0 amide bonds. The Morgan fingerprint density at radius 2 is 2.00 bits per heavy atom. The number of hydrogen-bond acceptors (Lipinski definition) is 4. The van der Waals surface area contributed by atoms with E-state index in [1.807, 2.05) is 0 Å². The van der Waals surface area contributed by atoms with Gasteiger partial charge in [-0.1, -0.05) is 6.92 Å².